The number of fused-ring (bicyclic) bond motifs is 2. The Hall–Kier alpha value is -2.89. The van der Waals surface area contributed by atoms with Crippen LogP contribution < -0.4 is 5.32 Å². The highest BCUT2D eigenvalue weighted by Crippen LogP contribution is 2.56. The number of hydrogen-bond acceptors (Lipinski definition) is 5. The lowest BCUT2D eigenvalue weighted by Crippen LogP contribution is -2.47. The molecule has 196 valence electrons. The summed E-state index contributed by atoms with van der Waals surface area (Å²) in [4.78, 5) is 16.8. The first-order valence-electron chi connectivity index (χ1n) is 11.6. The fourth-order valence-corrected chi connectivity index (χ4v) is 8.15. The Labute approximate surface area is 216 Å². The summed E-state index contributed by atoms with van der Waals surface area (Å²) >= 11 is 6.26. The molecule has 0 saturated heterocycles. The van der Waals surface area contributed by atoms with Crippen molar-refractivity contribution in [1.82, 2.24) is 9.55 Å². The quantitative estimate of drug-likeness (QED) is 0.450. The van der Waals surface area contributed by atoms with E-state index >= 15 is 0 Å². The summed E-state index contributed by atoms with van der Waals surface area (Å²) in [6.45, 7) is 0. The molecule has 0 aliphatic heterocycles. The van der Waals surface area contributed by atoms with Gasteiger partial charge < -0.3 is 15.0 Å². The number of halogens is 4. The van der Waals surface area contributed by atoms with E-state index in [4.69, 9.17) is 11.6 Å². The Morgan fingerprint density at radius 2 is 1.76 bits per heavy atom. The van der Waals surface area contributed by atoms with Gasteiger partial charge in [-0.3, -0.25) is 4.79 Å². The van der Waals surface area contributed by atoms with Crippen molar-refractivity contribution >= 4 is 33.0 Å². The van der Waals surface area contributed by atoms with Gasteiger partial charge in [0.25, 0.3) is 5.91 Å². The van der Waals surface area contributed by atoms with Crippen molar-refractivity contribution in [1.29, 1.82) is 0 Å². The third-order valence-corrected chi connectivity index (χ3v) is 10.2. The van der Waals surface area contributed by atoms with Crippen LogP contribution in [-0.2, 0) is 22.5 Å². The number of imidazole rings is 1. The molecule has 2 aliphatic rings. The lowest BCUT2D eigenvalue weighted by molar-refractivity contribution is -0.0738. The number of nitrogens with one attached hydrogen (secondary N) is 1. The zero-order valence-electron chi connectivity index (χ0n) is 19.6. The number of carbonyl (C=O) groups is 1. The fraction of sp³-hybridized carbons (Fsp3) is 0.360. The van der Waals surface area contributed by atoms with Crippen LogP contribution in [-0.4, -0.2) is 34.2 Å². The average Bonchev–Trinajstić information content (AvgIpc) is 3.31. The van der Waals surface area contributed by atoms with Crippen LogP contribution >= 0.6 is 11.6 Å². The monoisotopic (exact) mass is 553 g/mol. The molecule has 0 radical (unpaired) electrons. The number of aliphatic hydroxyl groups is 1. The number of sulfone groups is 1. The van der Waals surface area contributed by atoms with Crippen LogP contribution in [0.25, 0.3) is 0 Å². The second-order valence-corrected chi connectivity index (χ2v) is 12.3. The fourth-order valence-electron chi connectivity index (χ4n) is 5.74. The molecular weight excluding hydrogens is 531 g/mol. The summed E-state index contributed by atoms with van der Waals surface area (Å²) in [5.74, 6) is -5.61. The normalized spacial score (nSPS) is 25.3. The predicted molar refractivity (Wildman–Crippen MR) is 129 cm³/mol. The standard InChI is InChI=1S/C25H23ClF3N3O4S/c1-32-7-6-30-24(32)25(34)14-3-4-15(25)10-17(9-14)37(35,36)21-8-13(2-5-18(21)26)23(33)31-16-11-19(27)22(29)20(28)12-16/h2,5-8,11-12,14-15,17,34H,3-4,9-10H2,1H3,(H,31,33)/t14-,15?,17-,25-/m0/s1. The third-order valence-electron chi connectivity index (χ3n) is 7.56. The van der Waals surface area contributed by atoms with E-state index in [1.807, 2.05) is 0 Å². The third kappa shape index (κ3) is 4.22. The Balaban J connectivity index is 1.41. The highest BCUT2D eigenvalue weighted by atomic mass is 35.5. The van der Waals surface area contributed by atoms with E-state index in [2.05, 4.69) is 10.3 Å². The van der Waals surface area contributed by atoms with Crippen molar-refractivity contribution in [2.75, 3.05) is 5.32 Å². The molecule has 2 fully saturated rings. The van der Waals surface area contributed by atoms with E-state index in [0.717, 1.165) is 6.07 Å². The molecule has 2 aromatic carbocycles. The maximum Gasteiger partial charge on any atom is 0.255 e. The second kappa shape index (κ2) is 9.14. The Morgan fingerprint density at radius 1 is 1.14 bits per heavy atom. The van der Waals surface area contributed by atoms with Gasteiger partial charge in [0, 0.05) is 42.8 Å². The SMILES string of the molecule is Cn1ccnc1[C@@]1(O)C2CC[C@H]1C[C@H](S(=O)(=O)c1cc(C(=O)Nc3cc(F)c(F)c(F)c3)ccc1Cl)C2. The maximum absolute atomic E-state index is 13.7. The highest BCUT2D eigenvalue weighted by Gasteiger charge is 2.58. The van der Waals surface area contributed by atoms with E-state index in [9.17, 15) is 31.5 Å². The van der Waals surface area contributed by atoms with Crippen molar-refractivity contribution in [3.63, 3.8) is 0 Å². The van der Waals surface area contributed by atoms with Gasteiger partial charge in [-0.2, -0.15) is 0 Å². The summed E-state index contributed by atoms with van der Waals surface area (Å²) in [6.07, 6.45) is 5.04. The Kier molecular flexibility index (Phi) is 6.36. The number of carbonyl (C=O) groups excluding carboxylic acids is 1. The summed E-state index contributed by atoms with van der Waals surface area (Å²) < 4.78 is 69.4. The van der Waals surface area contributed by atoms with Crippen LogP contribution in [0.1, 0.15) is 41.9 Å². The van der Waals surface area contributed by atoms with Crippen molar-refractivity contribution in [2.45, 2.75) is 41.4 Å². The van der Waals surface area contributed by atoms with Gasteiger partial charge in [0.1, 0.15) is 11.4 Å². The van der Waals surface area contributed by atoms with Crippen LogP contribution in [0.15, 0.2) is 47.6 Å². The summed E-state index contributed by atoms with van der Waals surface area (Å²) in [5.41, 5.74) is -1.68. The van der Waals surface area contributed by atoms with Crippen molar-refractivity contribution in [3.8, 4) is 0 Å². The first-order chi connectivity index (χ1) is 17.4. The van der Waals surface area contributed by atoms with E-state index in [0.29, 0.717) is 30.8 Å². The van der Waals surface area contributed by atoms with E-state index in [-0.39, 0.29) is 45.8 Å². The van der Waals surface area contributed by atoms with E-state index in [1.54, 1.807) is 24.0 Å². The number of aromatic nitrogens is 2. The van der Waals surface area contributed by atoms with Crippen molar-refractivity contribution in [2.24, 2.45) is 18.9 Å². The largest absolute Gasteiger partial charge is 0.381 e. The molecule has 2 aliphatic carbocycles. The molecule has 2 N–H and O–H groups in total. The number of rotatable bonds is 5. The molecule has 1 aromatic heterocycles. The van der Waals surface area contributed by atoms with Gasteiger partial charge in [-0.05, 0) is 55.7 Å². The smallest absolute Gasteiger partial charge is 0.255 e. The molecule has 2 saturated carbocycles. The van der Waals surface area contributed by atoms with Crippen molar-refractivity contribution in [3.05, 3.63) is 76.6 Å². The van der Waals surface area contributed by atoms with Gasteiger partial charge in [0.15, 0.2) is 27.3 Å². The van der Waals surface area contributed by atoms with Crippen LogP contribution in [0.2, 0.25) is 5.02 Å². The lowest BCUT2D eigenvalue weighted by atomic mass is 9.73. The lowest BCUT2D eigenvalue weighted by Gasteiger charge is -2.41. The highest BCUT2D eigenvalue weighted by molar-refractivity contribution is 7.92. The minimum absolute atomic E-state index is 0.0762. The van der Waals surface area contributed by atoms with Crippen LogP contribution in [0.3, 0.4) is 0 Å². The summed E-state index contributed by atoms with van der Waals surface area (Å²) in [7, 11) is -2.23. The number of benzene rings is 2. The molecule has 37 heavy (non-hydrogen) atoms. The Bertz CT molecular complexity index is 1470. The number of nitrogens with zero attached hydrogens (tertiary/aromatic N) is 2. The van der Waals surface area contributed by atoms with Gasteiger partial charge >= 0.3 is 0 Å². The average molecular weight is 554 g/mol. The molecule has 12 heteroatoms. The predicted octanol–water partition coefficient (Wildman–Crippen LogP) is 4.59. The number of anilines is 1. The topological polar surface area (TPSA) is 101 Å². The molecule has 4 atom stereocenters. The van der Waals surface area contributed by atoms with E-state index in [1.165, 1.54) is 12.1 Å². The molecule has 1 unspecified atom stereocenters. The molecular formula is C25H23ClF3N3O4S. The summed E-state index contributed by atoms with van der Waals surface area (Å²) in [5, 5.41) is 12.9. The van der Waals surface area contributed by atoms with Gasteiger partial charge in [-0.25, -0.2) is 26.6 Å². The second-order valence-electron chi connectivity index (χ2n) is 9.65. The number of aryl methyl sites for hydroxylation is 1. The number of amides is 1. The van der Waals surface area contributed by atoms with Crippen LogP contribution in [0.4, 0.5) is 18.9 Å². The zero-order chi connectivity index (χ0) is 26.7. The molecule has 3 aromatic rings. The van der Waals surface area contributed by atoms with Gasteiger partial charge in [0.2, 0.25) is 0 Å². The summed E-state index contributed by atoms with van der Waals surface area (Å²) in [6, 6.07) is 4.88. The van der Waals surface area contributed by atoms with Gasteiger partial charge in [0.05, 0.1) is 15.2 Å². The molecule has 1 heterocycles. The van der Waals surface area contributed by atoms with Crippen LogP contribution in [0, 0.1) is 29.3 Å². The number of hydrogen-bond donors (Lipinski definition) is 2. The minimum atomic E-state index is -4.02. The molecule has 2 bridgehead atoms. The first kappa shape index (κ1) is 25.7. The first-order valence-corrected chi connectivity index (χ1v) is 13.5. The maximum atomic E-state index is 13.7. The van der Waals surface area contributed by atoms with Gasteiger partial charge in [-0.15, -0.1) is 0 Å². The minimum Gasteiger partial charge on any atom is -0.381 e. The molecule has 7 nitrogen and oxygen atoms in total. The molecule has 1 amide bonds. The molecule has 5 rings (SSSR count). The van der Waals surface area contributed by atoms with Crippen LogP contribution in [0.5, 0.6) is 0 Å². The zero-order valence-corrected chi connectivity index (χ0v) is 21.2. The van der Waals surface area contributed by atoms with Gasteiger partial charge in [-0.1, -0.05) is 11.6 Å². The molecule has 0 spiro atoms. The van der Waals surface area contributed by atoms with E-state index < -0.39 is 44.0 Å². The Morgan fingerprint density at radius 3 is 2.32 bits per heavy atom. The van der Waals surface area contributed by atoms with Crippen molar-refractivity contribution < 1.29 is 31.5 Å².